The Bertz CT molecular complexity index is 1800. The molecule has 0 saturated carbocycles. The number of sulfonamides is 1. The second-order valence-electron chi connectivity index (χ2n) is 8.91. The highest BCUT2D eigenvalue weighted by molar-refractivity contribution is 7.89. The fraction of sp³-hybridized carbons (Fsp3) is 0.115. The number of amides is 2. The number of nitrogens with zero attached hydrogens (tertiary/aromatic N) is 4. The number of esters is 1. The lowest BCUT2D eigenvalue weighted by Crippen LogP contribution is -2.29. The molecule has 14 heteroatoms. The molecule has 0 unspecified atom stereocenters. The first-order valence-corrected chi connectivity index (χ1v) is 13.3. The third-order valence-corrected chi connectivity index (χ3v) is 7.24. The standard InChI is InChI=1S/C26H19N5O8S/c27-40(35,36)19-5-3-18(4-6-19)31-12-17(28-29-31)13-37-26(34)16-2-7-20-21(10-16)25(33)30(24(20)32)11-15-1-8-22-23(9-15)39-14-38-22/h1-10,12H,11,13-14H2,(H2,27,35,36). The maximum absolute atomic E-state index is 13.0. The molecule has 2 aliphatic heterocycles. The van der Waals surface area contributed by atoms with Crippen molar-refractivity contribution in [3.63, 3.8) is 0 Å². The second-order valence-corrected chi connectivity index (χ2v) is 10.5. The molecule has 2 aliphatic rings. The van der Waals surface area contributed by atoms with E-state index in [1.165, 1.54) is 53.3 Å². The lowest BCUT2D eigenvalue weighted by molar-refractivity contribution is 0.0467. The van der Waals surface area contributed by atoms with Gasteiger partial charge in [-0.25, -0.2) is 23.0 Å². The molecule has 0 atom stereocenters. The number of hydrogen-bond acceptors (Lipinski definition) is 10. The number of carbonyl (C=O) groups excluding carboxylic acids is 3. The molecular weight excluding hydrogens is 542 g/mol. The van der Waals surface area contributed by atoms with Gasteiger partial charge in [0.25, 0.3) is 11.8 Å². The van der Waals surface area contributed by atoms with Gasteiger partial charge in [-0.2, -0.15) is 0 Å². The van der Waals surface area contributed by atoms with Crippen LogP contribution in [0.2, 0.25) is 0 Å². The van der Waals surface area contributed by atoms with E-state index in [0.29, 0.717) is 28.4 Å². The molecule has 3 aromatic carbocycles. The summed E-state index contributed by atoms with van der Waals surface area (Å²) in [6.07, 6.45) is 1.51. The van der Waals surface area contributed by atoms with E-state index in [-0.39, 0.29) is 41.5 Å². The van der Waals surface area contributed by atoms with Crippen molar-refractivity contribution in [1.82, 2.24) is 19.9 Å². The Morgan fingerprint density at radius 1 is 0.950 bits per heavy atom. The molecule has 6 rings (SSSR count). The van der Waals surface area contributed by atoms with Crippen LogP contribution >= 0.6 is 0 Å². The summed E-state index contributed by atoms with van der Waals surface area (Å²) < 4.78 is 40.2. The Labute approximate surface area is 226 Å². The van der Waals surface area contributed by atoms with E-state index in [0.717, 1.165) is 4.90 Å². The van der Waals surface area contributed by atoms with Gasteiger partial charge in [0.1, 0.15) is 12.3 Å². The largest absolute Gasteiger partial charge is 0.455 e. The molecule has 202 valence electrons. The van der Waals surface area contributed by atoms with E-state index in [9.17, 15) is 22.8 Å². The number of ether oxygens (including phenoxy) is 3. The number of rotatable bonds is 7. The van der Waals surface area contributed by atoms with Gasteiger partial charge in [-0.1, -0.05) is 11.3 Å². The second kappa shape index (κ2) is 9.59. The van der Waals surface area contributed by atoms with Crippen molar-refractivity contribution in [2.45, 2.75) is 18.0 Å². The van der Waals surface area contributed by atoms with Crippen molar-refractivity contribution in [2.24, 2.45) is 5.14 Å². The number of carbonyl (C=O) groups is 3. The fourth-order valence-corrected chi connectivity index (χ4v) is 4.80. The van der Waals surface area contributed by atoms with Crippen LogP contribution in [0, 0.1) is 0 Å². The van der Waals surface area contributed by atoms with Gasteiger partial charge in [-0.3, -0.25) is 14.5 Å². The summed E-state index contributed by atoms with van der Waals surface area (Å²) in [7, 11) is -3.83. The maximum atomic E-state index is 13.0. The van der Waals surface area contributed by atoms with E-state index in [4.69, 9.17) is 19.3 Å². The molecule has 0 bridgehead atoms. The van der Waals surface area contributed by atoms with Gasteiger partial charge < -0.3 is 14.2 Å². The Morgan fingerprint density at radius 2 is 1.70 bits per heavy atom. The Hall–Kier alpha value is -5.08. The molecule has 0 aliphatic carbocycles. The molecular formula is C26H19N5O8S. The molecule has 0 saturated heterocycles. The Kier molecular flexibility index (Phi) is 6.04. The molecule has 1 aromatic heterocycles. The fourth-order valence-electron chi connectivity index (χ4n) is 4.29. The van der Waals surface area contributed by atoms with E-state index in [2.05, 4.69) is 10.3 Å². The average Bonchev–Trinajstić information content (AvgIpc) is 3.67. The van der Waals surface area contributed by atoms with Gasteiger partial charge in [0.15, 0.2) is 11.5 Å². The predicted octanol–water partition coefficient (Wildman–Crippen LogP) is 1.80. The molecule has 3 heterocycles. The lowest BCUT2D eigenvalue weighted by Gasteiger charge is -2.14. The van der Waals surface area contributed by atoms with E-state index in [1.807, 2.05) is 0 Å². The topological polar surface area (TPSA) is 173 Å². The van der Waals surface area contributed by atoms with Crippen molar-refractivity contribution in [3.05, 3.63) is 94.8 Å². The Balaban J connectivity index is 1.11. The van der Waals surface area contributed by atoms with Crippen LogP contribution in [0.1, 0.15) is 42.3 Å². The minimum atomic E-state index is -3.83. The number of hydrogen-bond donors (Lipinski definition) is 1. The van der Waals surface area contributed by atoms with Gasteiger partial charge in [0, 0.05) is 0 Å². The predicted molar refractivity (Wildman–Crippen MR) is 135 cm³/mol. The monoisotopic (exact) mass is 561 g/mol. The first kappa shape index (κ1) is 25.2. The molecule has 0 fully saturated rings. The highest BCUT2D eigenvalue weighted by Gasteiger charge is 2.36. The summed E-state index contributed by atoms with van der Waals surface area (Å²) in [6.45, 7) is -0.0716. The van der Waals surface area contributed by atoms with Gasteiger partial charge in [0.2, 0.25) is 16.8 Å². The third kappa shape index (κ3) is 4.65. The molecule has 0 spiro atoms. The van der Waals surface area contributed by atoms with Crippen molar-refractivity contribution in [2.75, 3.05) is 6.79 Å². The zero-order chi connectivity index (χ0) is 28.0. The summed E-state index contributed by atoms with van der Waals surface area (Å²) in [6, 6.07) is 15.0. The number of fused-ring (bicyclic) bond motifs is 2. The molecule has 2 amide bonds. The first-order chi connectivity index (χ1) is 19.2. The minimum absolute atomic E-state index is 0.0309. The SMILES string of the molecule is NS(=O)(=O)c1ccc(-n2cc(COC(=O)c3ccc4c(c3)C(=O)N(Cc3ccc5c(c3)OCO5)C4=O)nn2)cc1. The van der Waals surface area contributed by atoms with Gasteiger partial charge >= 0.3 is 5.97 Å². The smallest absolute Gasteiger partial charge is 0.338 e. The van der Waals surface area contributed by atoms with Crippen molar-refractivity contribution in [1.29, 1.82) is 0 Å². The number of benzene rings is 3. The van der Waals surface area contributed by atoms with Crippen LogP contribution in [0.5, 0.6) is 11.5 Å². The first-order valence-electron chi connectivity index (χ1n) is 11.8. The van der Waals surface area contributed by atoms with Gasteiger partial charge in [-0.05, 0) is 60.2 Å². The summed E-state index contributed by atoms with van der Waals surface area (Å²) >= 11 is 0. The highest BCUT2D eigenvalue weighted by atomic mass is 32.2. The third-order valence-electron chi connectivity index (χ3n) is 6.31. The summed E-state index contributed by atoms with van der Waals surface area (Å²) in [4.78, 5) is 39.7. The normalized spacial score (nSPS) is 14.0. The summed E-state index contributed by atoms with van der Waals surface area (Å²) in [5.74, 6) is -0.575. The zero-order valence-corrected chi connectivity index (χ0v) is 21.3. The van der Waals surface area contributed by atoms with E-state index < -0.39 is 27.8 Å². The minimum Gasteiger partial charge on any atom is -0.455 e. The summed E-state index contributed by atoms with van der Waals surface area (Å²) in [5, 5.41) is 13.0. The van der Waals surface area contributed by atoms with Crippen LogP contribution in [-0.4, -0.2) is 52.9 Å². The summed E-state index contributed by atoms with van der Waals surface area (Å²) in [5.41, 5.74) is 1.92. The van der Waals surface area contributed by atoms with Gasteiger partial charge in [0.05, 0.1) is 40.0 Å². The maximum Gasteiger partial charge on any atom is 0.338 e. The van der Waals surface area contributed by atoms with Crippen LogP contribution in [0.4, 0.5) is 0 Å². The van der Waals surface area contributed by atoms with Crippen LogP contribution in [0.3, 0.4) is 0 Å². The number of aromatic nitrogens is 3. The number of imide groups is 1. The zero-order valence-electron chi connectivity index (χ0n) is 20.5. The van der Waals surface area contributed by atoms with E-state index in [1.54, 1.807) is 18.2 Å². The Morgan fingerprint density at radius 3 is 2.48 bits per heavy atom. The van der Waals surface area contributed by atoms with Crippen molar-refractivity contribution < 1.29 is 37.0 Å². The number of nitrogens with two attached hydrogens (primary N) is 1. The van der Waals surface area contributed by atoms with Gasteiger partial charge in [-0.15, -0.1) is 5.10 Å². The van der Waals surface area contributed by atoms with E-state index >= 15 is 0 Å². The molecule has 0 radical (unpaired) electrons. The number of primary sulfonamides is 1. The van der Waals surface area contributed by atoms with Crippen molar-refractivity contribution >= 4 is 27.8 Å². The van der Waals surface area contributed by atoms with Crippen molar-refractivity contribution in [3.8, 4) is 17.2 Å². The quantitative estimate of drug-likeness (QED) is 0.259. The van der Waals surface area contributed by atoms with Crippen LogP contribution in [0.15, 0.2) is 71.8 Å². The molecule has 4 aromatic rings. The average molecular weight is 562 g/mol. The van der Waals surface area contributed by atoms with Crippen LogP contribution in [-0.2, 0) is 27.9 Å². The highest BCUT2D eigenvalue weighted by Crippen LogP contribution is 2.34. The molecule has 13 nitrogen and oxygen atoms in total. The van der Waals surface area contributed by atoms with Crippen LogP contribution in [0.25, 0.3) is 5.69 Å². The van der Waals surface area contributed by atoms with Crippen LogP contribution < -0.4 is 14.6 Å². The molecule has 40 heavy (non-hydrogen) atoms. The molecule has 2 N–H and O–H groups in total. The lowest BCUT2D eigenvalue weighted by atomic mass is 10.1.